The number of hydrogen-bond acceptors (Lipinski definition) is 4. The molecular formula is C18H26N2O4S. The third-order valence-corrected chi connectivity index (χ3v) is 6.09. The van der Waals surface area contributed by atoms with Crippen molar-refractivity contribution in [3.63, 3.8) is 0 Å². The van der Waals surface area contributed by atoms with Crippen molar-refractivity contribution in [2.75, 3.05) is 19.7 Å². The molecule has 0 bridgehead atoms. The van der Waals surface area contributed by atoms with Gasteiger partial charge in [0.25, 0.3) is 0 Å². The van der Waals surface area contributed by atoms with Crippen LogP contribution in [0.4, 0.5) is 0 Å². The highest BCUT2D eigenvalue weighted by molar-refractivity contribution is 7.89. The van der Waals surface area contributed by atoms with Gasteiger partial charge in [-0.05, 0) is 37.5 Å². The lowest BCUT2D eigenvalue weighted by Gasteiger charge is -2.25. The molecule has 1 aromatic carbocycles. The predicted octanol–water partition coefficient (Wildman–Crippen LogP) is 2.07. The second-order valence-electron chi connectivity index (χ2n) is 6.09. The van der Waals surface area contributed by atoms with Crippen molar-refractivity contribution in [1.82, 2.24) is 9.62 Å². The molecule has 6 nitrogen and oxygen atoms in total. The summed E-state index contributed by atoms with van der Waals surface area (Å²) in [6.45, 7) is 7.03. The van der Waals surface area contributed by atoms with Crippen molar-refractivity contribution < 1.29 is 17.9 Å². The summed E-state index contributed by atoms with van der Waals surface area (Å²) in [5, 5.41) is 2.77. The first-order valence-corrected chi connectivity index (χ1v) is 9.98. The molecule has 0 aliphatic carbocycles. The van der Waals surface area contributed by atoms with Gasteiger partial charge in [-0.15, -0.1) is 6.58 Å². The van der Waals surface area contributed by atoms with Crippen molar-refractivity contribution in [1.29, 1.82) is 0 Å². The van der Waals surface area contributed by atoms with Gasteiger partial charge in [-0.25, -0.2) is 8.42 Å². The second kappa shape index (κ2) is 9.12. The Morgan fingerprint density at radius 3 is 2.52 bits per heavy atom. The van der Waals surface area contributed by atoms with Gasteiger partial charge in [0.05, 0.1) is 11.5 Å². The van der Waals surface area contributed by atoms with Crippen LogP contribution >= 0.6 is 0 Å². The number of carbonyl (C=O) groups is 1. The van der Waals surface area contributed by atoms with Gasteiger partial charge >= 0.3 is 0 Å². The maximum absolute atomic E-state index is 12.6. The van der Waals surface area contributed by atoms with Gasteiger partial charge in [0, 0.05) is 19.6 Å². The van der Waals surface area contributed by atoms with E-state index in [-0.39, 0.29) is 5.91 Å². The average molecular weight is 366 g/mol. The zero-order valence-corrected chi connectivity index (χ0v) is 15.4. The summed E-state index contributed by atoms with van der Waals surface area (Å²) >= 11 is 0. The summed E-state index contributed by atoms with van der Waals surface area (Å²) in [7, 11) is -3.42. The van der Waals surface area contributed by atoms with E-state index < -0.39 is 16.1 Å². The van der Waals surface area contributed by atoms with E-state index in [1.807, 2.05) is 0 Å². The topological polar surface area (TPSA) is 75.7 Å². The van der Waals surface area contributed by atoms with E-state index in [1.54, 1.807) is 41.6 Å². The van der Waals surface area contributed by atoms with E-state index in [9.17, 15) is 13.2 Å². The summed E-state index contributed by atoms with van der Waals surface area (Å²) in [6.07, 6.45) is 3.94. The maximum Gasteiger partial charge on any atom is 0.249 e. The number of carbonyl (C=O) groups excluding carboxylic acids is 1. The van der Waals surface area contributed by atoms with Gasteiger partial charge in [0.1, 0.15) is 6.10 Å². The molecule has 1 N–H and O–H groups in total. The van der Waals surface area contributed by atoms with Crippen LogP contribution < -0.4 is 5.32 Å². The highest BCUT2D eigenvalue weighted by Gasteiger charge is 2.25. The third kappa shape index (κ3) is 5.39. The fraction of sp³-hybridized carbons (Fsp3) is 0.500. The van der Waals surface area contributed by atoms with Crippen molar-refractivity contribution in [3.8, 4) is 0 Å². The molecule has 1 atom stereocenters. The van der Waals surface area contributed by atoms with Crippen LogP contribution in [0.15, 0.2) is 41.8 Å². The van der Waals surface area contributed by atoms with E-state index in [2.05, 4.69) is 11.9 Å². The average Bonchev–Trinajstić information content (AvgIpc) is 2.65. The van der Waals surface area contributed by atoms with Crippen molar-refractivity contribution >= 4 is 15.9 Å². The Morgan fingerprint density at radius 2 is 1.92 bits per heavy atom. The lowest BCUT2D eigenvalue weighted by Crippen LogP contribution is -2.35. The first kappa shape index (κ1) is 19.6. The van der Waals surface area contributed by atoms with E-state index >= 15 is 0 Å². The minimum absolute atomic E-state index is 0.216. The Morgan fingerprint density at radius 1 is 1.28 bits per heavy atom. The fourth-order valence-corrected chi connectivity index (χ4v) is 4.17. The molecule has 1 amide bonds. The molecule has 1 heterocycles. The molecule has 2 rings (SSSR count). The Balaban J connectivity index is 1.93. The van der Waals surface area contributed by atoms with Gasteiger partial charge < -0.3 is 10.1 Å². The number of rotatable bonds is 8. The van der Waals surface area contributed by atoms with Crippen LogP contribution in [0, 0.1) is 0 Å². The van der Waals surface area contributed by atoms with Crippen LogP contribution in [-0.2, 0) is 26.1 Å². The molecule has 0 radical (unpaired) electrons. The molecule has 1 aliphatic rings. The van der Waals surface area contributed by atoms with E-state index in [0.29, 0.717) is 31.1 Å². The second-order valence-corrected chi connectivity index (χ2v) is 8.03. The zero-order valence-electron chi connectivity index (χ0n) is 14.6. The molecule has 138 valence electrons. The molecule has 1 fully saturated rings. The Hall–Kier alpha value is -1.70. The highest BCUT2D eigenvalue weighted by atomic mass is 32.2. The molecule has 1 saturated heterocycles. The molecule has 1 aromatic rings. The predicted molar refractivity (Wildman–Crippen MR) is 96.5 cm³/mol. The number of nitrogens with one attached hydrogen (secondary N) is 1. The number of ether oxygens (including phenoxy) is 1. The monoisotopic (exact) mass is 366 g/mol. The molecule has 0 unspecified atom stereocenters. The summed E-state index contributed by atoms with van der Waals surface area (Å²) in [5.74, 6) is -0.216. The molecule has 7 heteroatoms. The third-order valence-electron chi connectivity index (χ3n) is 4.18. The summed E-state index contributed by atoms with van der Waals surface area (Å²) in [6, 6.07) is 6.66. The largest absolute Gasteiger partial charge is 0.365 e. The lowest BCUT2D eigenvalue weighted by atomic mass is 10.2. The van der Waals surface area contributed by atoms with Gasteiger partial charge in [-0.2, -0.15) is 4.31 Å². The van der Waals surface area contributed by atoms with Crippen LogP contribution in [0.2, 0.25) is 0 Å². The molecular weight excluding hydrogens is 340 g/mol. The molecule has 25 heavy (non-hydrogen) atoms. The molecule has 0 saturated carbocycles. The minimum Gasteiger partial charge on any atom is -0.365 e. The maximum atomic E-state index is 12.6. The van der Waals surface area contributed by atoms with E-state index in [4.69, 9.17) is 4.74 Å². The quantitative estimate of drug-likeness (QED) is 0.715. The summed E-state index contributed by atoms with van der Waals surface area (Å²) in [4.78, 5) is 12.2. The van der Waals surface area contributed by atoms with Crippen LogP contribution in [-0.4, -0.2) is 44.4 Å². The summed E-state index contributed by atoms with van der Waals surface area (Å²) < 4.78 is 32.0. The van der Waals surface area contributed by atoms with E-state index in [1.165, 1.54) is 0 Å². The molecule has 1 aliphatic heterocycles. The van der Waals surface area contributed by atoms with Gasteiger partial charge in [-0.3, -0.25) is 4.79 Å². The van der Waals surface area contributed by atoms with Crippen LogP contribution in [0.5, 0.6) is 0 Å². The number of hydrogen-bond donors (Lipinski definition) is 1. The number of piperidine rings is 1. The van der Waals surface area contributed by atoms with Gasteiger partial charge in [0.2, 0.25) is 15.9 Å². The lowest BCUT2D eigenvalue weighted by molar-refractivity contribution is -0.131. The standard InChI is InChI=1S/C18H26N2O4S/c1-3-13-24-15(2)18(21)19-14-16-7-9-17(10-8-16)25(22,23)20-11-5-4-6-12-20/h3,7-10,15H,1,4-6,11-14H2,2H3,(H,19,21)/t15-/m1/s1. The van der Waals surface area contributed by atoms with E-state index in [0.717, 1.165) is 24.8 Å². The van der Waals surface area contributed by atoms with Crippen LogP contribution in [0.3, 0.4) is 0 Å². The first-order chi connectivity index (χ1) is 11.9. The molecule has 0 spiro atoms. The highest BCUT2D eigenvalue weighted by Crippen LogP contribution is 2.20. The van der Waals surface area contributed by atoms with Crippen molar-refractivity contribution in [2.24, 2.45) is 0 Å². The van der Waals surface area contributed by atoms with Gasteiger partial charge in [0.15, 0.2) is 0 Å². The fourth-order valence-electron chi connectivity index (χ4n) is 2.65. The number of benzene rings is 1. The van der Waals surface area contributed by atoms with Crippen molar-refractivity contribution in [3.05, 3.63) is 42.5 Å². The zero-order chi connectivity index (χ0) is 18.3. The number of sulfonamides is 1. The Labute approximate surface area is 149 Å². The van der Waals surface area contributed by atoms with Crippen LogP contribution in [0.1, 0.15) is 31.7 Å². The molecule has 0 aromatic heterocycles. The Kier molecular flexibility index (Phi) is 7.16. The van der Waals surface area contributed by atoms with Gasteiger partial charge in [-0.1, -0.05) is 24.6 Å². The summed E-state index contributed by atoms with van der Waals surface area (Å²) in [5.41, 5.74) is 0.835. The SMILES string of the molecule is C=CCO[C@H](C)C(=O)NCc1ccc(S(=O)(=O)N2CCCCC2)cc1. The van der Waals surface area contributed by atoms with Crippen LogP contribution in [0.25, 0.3) is 0 Å². The Bertz CT molecular complexity index is 680. The van der Waals surface area contributed by atoms with Crippen molar-refractivity contribution in [2.45, 2.75) is 43.7 Å². The normalized spacial score (nSPS) is 17.0. The smallest absolute Gasteiger partial charge is 0.249 e. The number of nitrogens with zero attached hydrogens (tertiary/aromatic N) is 1. The first-order valence-electron chi connectivity index (χ1n) is 8.54. The minimum atomic E-state index is -3.42. The number of amides is 1.